The summed E-state index contributed by atoms with van der Waals surface area (Å²) in [6, 6.07) is 14.0. The van der Waals surface area contributed by atoms with Gasteiger partial charge in [0, 0.05) is 24.7 Å². The third-order valence-electron chi connectivity index (χ3n) is 5.09. The number of likely N-dealkylation sites (tertiary alicyclic amines) is 1. The van der Waals surface area contributed by atoms with Crippen molar-refractivity contribution >= 4 is 17.5 Å². The maximum Gasteiger partial charge on any atom is 0.227 e. The van der Waals surface area contributed by atoms with Crippen LogP contribution in [0.15, 0.2) is 48.5 Å². The Kier molecular flexibility index (Phi) is 6.22. The van der Waals surface area contributed by atoms with Gasteiger partial charge in [-0.2, -0.15) is 0 Å². The van der Waals surface area contributed by atoms with Gasteiger partial charge in [0.1, 0.15) is 5.82 Å². The number of nitrogens with one attached hydrogen (secondary N) is 1. The fraction of sp³-hybridized carbons (Fsp3) is 0.364. The van der Waals surface area contributed by atoms with Crippen molar-refractivity contribution < 1.29 is 14.0 Å². The Morgan fingerprint density at radius 1 is 1.07 bits per heavy atom. The van der Waals surface area contributed by atoms with Gasteiger partial charge in [-0.25, -0.2) is 4.39 Å². The molecule has 1 N–H and O–H groups in total. The number of rotatable bonds is 5. The summed E-state index contributed by atoms with van der Waals surface area (Å²) in [6.07, 6.45) is 2.45. The van der Waals surface area contributed by atoms with E-state index in [0.29, 0.717) is 31.5 Å². The van der Waals surface area contributed by atoms with E-state index >= 15 is 0 Å². The summed E-state index contributed by atoms with van der Waals surface area (Å²) < 4.78 is 13.3. The van der Waals surface area contributed by atoms with E-state index in [0.717, 1.165) is 12.1 Å². The summed E-state index contributed by atoms with van der Waals surface area (Å²) in [5, 5.41) is 2.97. The van der Waals surface area contributed by atoms with Gasteiger partial charge in [0.25, 0.3) is 0 Å². The van der Waals surface area contributed by atoms with Crippen LogP contribution in [0.3, 0.4) is 0 Å². The molecule has 0 spiro atoms. The average Bonchev–Trinajstić information content (AvgIpc) is 2.68. The van der Waals surface area contributed by atoms with Crippen LogP contribution in [0.2, 0.25) is 0 Å². The Morgan fingerprint density at radius 2 is 1.78 bits per heavy atom. The molecule has 1 saturated heterocycles. The summed E-state index contributed by atoms with van der Waals surface area (Å²) in [4.78, 5) is 26.6. The fourth-order valence-corrected chi connectivity index (χ4v) is 3.39. The first kappa shape index (κ1) is 19.1. The Balaban J connectivity index is 1.48. The van der Waals surface area contributed by atoms with E-state index in [1.807, 2.05) is 24.3 Å². The molecule has 1 fully saturated rings. The Morgan fingerprint density at radius 3 is 2.41 bits per heavy atom. The molecule has 1 aliphatic heterocycles. The lowest BCUT2D eigenvalue weighted by atomic mass is 9.95. The number of carbonyl (C=O) groups excluding carboxylic acids is 2. The topological polar surface area (TPSA) is 49.4 Å². The molecule has 0 bridgehead atoms. The minimum absolute atomic E-state index is 0.0106. The summed E-state index contributed by atoms with van der Waals surface area (Å²) in [5.74, 6) is -0.428. The van der Waals surface area contributed by atoms with Crippen molar-refractivity contribution in [3.63, 3.8) is 0 Å². The van der Waals surface area contributed by atoms with Crippen molar-refractivity contribution in [2.24, 2.45) is 5.92 Å². The average molecular weight is 368 g/mol. The van der Waals surface area contributed by atoms with E-state index in [1.54, 1.807) is 17.0 Å². The normalized spacial score (nSPS) is 14.8. The highest BCUT2D eigenvalue weighted by Crippen LogP contribution is 2.21. The second kappa shape index (κ2) is 8.80. The Hall–Kier alpha value is -2.69. The lowest BCUT2D eigenvalue weighted by molar-refractivity contribution is -0.133. The minimum atomic E-state index is -0.331. The first-order chi connectivity index (χ1) is 13.0. The first-order valence-electron chi connectivity index (χ1n) is 9.47. The molecule has 5 heteroatoms. The molecule has 0 aliphatic carbocycles. The molecular formula is C22H25FN2O2. The molecule has 0 saturated carbocycles. The minimum Gasteiger partial charge on any atom is -0.342 e. The van der Waals surface area contributed by atoms with Gasteiger partial charge in [0.05, 0.1) is 6.42 Å². The molecule has 0 atom stereocenters. The van der Waals surface area contributed by atoms with E-state index in [1.165, 1.54) is 17.7 Å². The second-order valence-corrected chi connectivity index (χ2v) is 7.00. The molecule has 0 radical (unpaired) electrons. The Bertz CT molecular complexity index is 796. The van der Waals surface area contributed by atoms with Gasteiger partial charge in [-0.3, -0.25) is 9.59 Å². The van der Waals surface area contributed by atoms with E-state index in [-0.39, 0.29) is 30.0 Å². The van der Waals surface area contributed by atoms with Gasteiger partial charge in [0.2, 0.25) is 11.8 Å². The van der Waals surface area contributed by atoms with Crippen LogP contribution in [0, 0.1) is 11.7 Å². The molecule has 3 rings (SSSR count). The number of amides is 2. The van der Waals surface area contributed by atoms with Crippen LogP contribution in [0.1, 0.15) is 30.9 Å². The van der Waals surface area contributed by atoms with Gasteiger partial charge in [-0.05, 0) is 54.7 Å². The lowest BCUT2D eigenvalue weighted by Gasteiger charge is -2.31. The number of anilines is 1. The number of nitrogens with zero attached hydrogens (tertiary/aromatic N) is 1. The van der Waals surface area contributed by atoms with Crippen LogP contribution in [-0.4, -0.2) is 29.8 Å². The molecule has 4 nitrogen and oxygen atoms in total. The largest absolute Gasteiger partial charge is 0.342 e. The number of carbonyl (C=O) groups is 2. The van der Waals surface area contributed by atoms with Crippen molar-refractivity contribution in [1.29, 1.82) is 0 Å². The predicted octanol–water partition coefficient (Wildman–Crippen LogP) is 3.81. The standard InChI is InChI=1S/C22H25FN2O2/c1-2-16-6-8-20(9-7-16)24-22(27)18-10-12-25(13-11-18)21(26)15-17-4-3-5-19(23)14-17/h3-9,14,18H,2,10-13,15H2,1H3,(H,24,27). The van der Waals surface area contributed by atoms with Crippen molar-refractivity contribution in [3.8, 4) is 0 Å². The molecule has 1 heterocycles. The molecule has 2 amide bonds. The second-order valence-electron chi connectivity index (χ2n) is 7.00. The van der Waals surface area contributed by atoms with Crippen molar-refractivity contribution in [1.82, 2.24) is 4.90 Å². The predicted molar refractivity (Wildman–Crippen MR) is 104 cm³/mol. The number of hydrogen-bond donors (Lipinski definition) is 1. The summed E-state index contributed by atoms with van der Waals surface area (Å²) >= 11 is 0. The fourth-order valence-electron chi connectivity index (χ4n) is 3.39. The highest BCUT2D eigenvalue weighted by atomic mass is 19.1. The molecule has 2 aromatic rings. The number of hydrogen-bond acceptors (Lipinski definition) is 2. The maximum absolute atomic E-state index is 13.3. The van der Waals surface area contributed by atoms with E-state index in [4.69, 9.17) is 0 Å². The number of piperidine rings is 1. The van der Waals surface area contributed by atoms with Gasteiger partial charge in [-0.15, -0.1) is 0 Å². The van der Waals surface area contributed by atoms with Crippen molar-refractivity contribution in [3.05, 3.63) is 65.5 Å². The molecule has 0 aromatic heterocycles. The van der Waals surface area contributed by atoms with Crippen molar-refractivity contribution in [2.45, 2.75) is 32.6 Å². The number of aryl methyl sites for hydroxylation is 1. The van der Waals surface area contributed by atoms with Gasteiger partial charge < -0.3 is 10.2 Å². The maximum atomic E-state index is 13.3. The van der Waals surface area contributed by atoms with E-state index < -0.39 is 0 Å². The van der Waals surface area contributed by atoms with E-state index in [2.05, 4.69) is 12.2 Å². The van der Waals surface area contributed by atoms with Crippen LogP contribution < -0.4 is 5.32 Å². The third kappa shape index (κ3) is 5.16. The van der Waals surface area contributed by atoms with Crippen LogP contribution in [0.4, 0.5) is 10.1 Å². The van der Waals surface area contributed by atoms with Gasteiger partial charge in [0.15, 0.2) is 0 Å². The Labute approximate surface area is 159 Å². The van der Waals surface area contributed by atoms with Crippen molar-refractivity contribution in [2.75, 3.05) is 18.4 Å². The molecule has 27 heavy (non-hydrogen) atoms. The monoisotopic (exact) mass is 368 g/mol. The quantitative estimate of drug-likeness (QED) is 0.872. The molecular weight excluding hydrogens is 343 g/mol. The first-order valence-corrected chi connectivity index (χ1v) is 9.47. The molecule has 142 valence electrons. The SMILES string of the molecule is CCc1ccc(NC(=O)C2CCN(C(=O)Cc3cccc(F)c3)CC2)cc1. The van der Waals surface area contributed by atoms with Gasteiger partial charge in [-0.1, -0.05) is 31.2 Å². The number of benzene rings is 2. The zero-order chi connectivity index (χ0) is 19.2. The van der Waals surface area contributed by atoms with Crippen LogP contribution in [0.5, 0.6) is 0 Å². The van der Waals surface area contributed by atoms with Crippen LogP contribution >= 0.6 is 0 Å². The molecule has 0 unspecified atom stereocenters. The summed E-state index contributed by atoms with van der Waals surface area (Å²) in [7, 11) is 0. The third-order valence-corrected chi connectivity index (χ3v) is 5.09. The summed E-state index contributed by atoms with van der Waals surface area (Å²) in [5.41, 5.74) is 2.72. The number of halogens is 1. The zero-order valence-corrected chi connectivity index (χ0v) is 15.6. The van der Waals surface area contributed by atoms with Gasteiger partial charge >= 0.3 is 0 Å². The highest BCUT2D eigenvalue weighted by Gasteiger charge is 2.27. The summed E-state index contributed by atoms with van der Waals surface area (Å²) in [6.45, 7) is 3.21. The molecule has 2 aromatic carbocycles. The zero-order valence-electron chi connectivity index (χ0n) is 15.6. The lowest BCUT2D eigenvalue weighted by Crippen LogP contribution is -2.42. The smallest absolute Gasteiger partial charge is 0.227 e. The van der Waals surface area contributed by atoms with Crippen LogP contribution in [-0.2, 0) is 22.4 Å². The van der Waals surface area contributed by atoms with E-state index in [9.17, 15) is 14.0 Å². The van der Waals surface area contributed by atoms with Crippen LogP contribution in [0.25, 0.3) is 0 Å². The highest BCUT2D eigenvalue weighted by molar-refractivity contribution is 5.92. The molecule has 1 aliphatic rings.